The predicted octanol–water partition coefficient (Wildman–Crippen LogP) is 0.375. The molecule has 0 aromatic carbocycles. The standard InChI is InChI=1S/C12H18N4O/c1-15-6-12(7-15)8-16(9-12)11-13-4-3-10(14-11)5-17-2/h3-4H,5-9H2,1-2H3. The summed E-state index contributed by atoms with van der Waals surface area (Å²) in [6.45, 7) is 5.15. The molecule has 17 heavy (non-hydrogen) atoms. The molecule has 92 valence electrons. The molecule has 0 amide bonds. The van der Waals surface area contributed by atoms with Crippen molar-refractivity contribution in [2.45, 2.75) is 6.61 Å². The highest BCUT2D eigenvalue weighted by molar-refractivity contribution is 5.38. The molecule has 5 heteroatoms. The second kappa shape index (κ2) is 3.92. The second-order valence-corrected chi connectivity index (χ2v) is 5.31. The first-order valence-corrected chi connectivity index (χ1v) is 5.95. The van der Waals surface area contributed by atoms with Gasteiger partial charge in [0.1, 0.15) is 0 Å². The summed E-state index contributed by atoms with van der Waals surface area (Å²) in [6.07, 6.45) is 1.81. The molecular weight excluding hydrogens is 216 g/mol. The minimum Gasteiger partial charge on any atom is -0.378 e. The molecule has 2 aliphatic rings. The van der Waals surface area contributed by atoms with Gasteiger partial charge in [-0.3, -0.25) is 0 Å². The largest absolute Gasteiger partial charge is 0.378 e. The van der Waals surface area contributed by atoms with Crippen molar-refractivity contribution in [1.29, 1.82) is 0 Å². The third-order valence-corrected chi connectivity index (χ3v) is 3.54. The molecular formula is C12H18N4O. The highest BCUT2D eigenvalue weighted by Gasteiger charge is 2.51. The third-order valence-electron chi connectivity index (χ3n) is 3.54. The first-order valence-electron chi connectivity index (χ1n) is 5.95. The summed E-state index contributed by atoms with van der Waals surface area (Å²) >= 11 is 0. The number of likely N-dealkylation sites (tertiary alicyclic amines) is 1. The van der Waals surface area contributed by atoms with Gasteiger partial charge in [0.2, 0.25) is 5.95 Å². The van der Waals surface area contributed by atoms with Crippen LogP contribution in [0.25, 0.3) is 0 Å². The molecule has 1 aromatic rings. The Balaban J connectivity index is 1.64. The van der Waals surface area contributed by atoms with Gasteiger partial charge in [0.05, 0.1) is 12.3 Å². The number of hydrogen-bond acceptors (Lipinski definition) is 5. The zero-order valence-corrected chi connectivity index (χ0v) is 10.4. The maximum atomic E-state index is 5.09. The maximum Gasteiger partial charge on any atom is 0.225 e. The summed E-state index contributed by atoms with van der Waals surface area (Å²) in [5, 5.41) is 0. The molecule has 1 aromatic heterocycles. The highest BCUT2D eigenvalue weighted by atomic mass is 16.5. The van der Waals surface area contributed by atoms with Gasteiger partial charge in [-0.1, -0.05) is 0 Å². The van der Waals surface area contributed by atoms with Crippen LogP contribution in [0.5, 0.6) is 0 Å². The lowest BCUT2D eigenvalue weighted by Crippen LogP contribution is -2.71. The number of nitrogens with zero attached hydrogens (tertiary/aromatic N) is 4. The predicted molar refractivity (Wildman–Crippen MR) is 64.9 cm³/mol. The molecule has 2 fully saturated rings. The monoisotopic (exact) mass is 234 g/mol. The lowest BCUT2D eigenvalue weighted by atomic mass is 9.73. The van der Waals surface area contributed by atoms with E-state index in [0.717, 1.165) is 24.7 Å². The lowest BCUT2D eigenvalue weighted by molar-refractivity contribution is -0.00329. The molecule has 3 heterocycles. The Kier molecular flexibility index (Phi) is 2.52. The van der Waals surface area contributed by atoms with E-state index in [9.17, 15) is 0 Å². The van der Waals surface area contributed by atoms with Gasteiger partial charge in [-0.25, -0.2) is 9.97 Å². The van der Waals surface area contributed by atoms with Crippen LogP contribution in [0.15, 0.2) is 12.3 Å². The van der Waals surface area contributed by atoms with Crippen molar-refractivity contribution in [3.63, 3.8) is 0 Å². The van der Waals surface area contributed by atoms with Crippen molar-refractivity contribution in [1.82, 2.24) is 14.9 Å². The smallest absolute Gasteiger partial charge is 0.225 e. The van der Waals surface area contributed by atoms with Crippen LogP contribution >= 0.6 is 0 Å². The van der Waals surface area contributed by atoms with Gasteiger partial charge in [-0.15, -0.1) is 0 Å². The summed E-state index contributed by atoms with van der Waals surface area (Å²) in [4.78, 5) is 13.5. The van der Waals surface area contributed by atoms with E-state index < -0.39 is 0 Å². The number of aromatic nitrogens is 2. The van der Waals surface area contributed by atoms with E-state index in [-0.39, 0.29) is 0 Å². The van der Waals surface area contributed by atoms with Crippen LogP contribution in [0.1, 0.15) is 5.69 Å². The second-order valence-electron chi connectivity index (χ2n) is 5.31. The number of hydrogen-bond donors (Lipinski definition) is 0. The van der Waals surface area contributed by atoms with Gasteiger partial charge in [0.25, 0.3) is 0 Å². The Morgan fingerprint density at radius 1 is 1.35 bits per heavy atom. The van der Waals surface area contributed by atoms with Crippen molar-refractivity contribution >= 4 is 5.95 Å². The SMILES string of the molecule is COCc1ccnc(N2CC3(CN(C)C3)C2)n1. The van der Waals surface area contributed by atoms with Gasteiger partial charge in [0, 0.05) is 44.9 Å². The minimum atomic E-state index is 0.523. The summed E-state index contributed by atoms with van der Waals surface area (Å²) in [6, 6.07) is 1.90. The molecule has 0 N–H and O–H groups in total. The third kappa shape index (κ3) is 1.89. The van der Waals surface area contributed by atoms with Crippen LogP contribution in [-0.4, -0.2) is 55.2 Å². The van der Waals surface area contributed by atoms with Crippen LogP contribution in [0.4, 0.5) is 5.95 Å². The van der Waals surface area contributed by atoms with Crippen molar-refractivity contribution < 1.29 is 4.74 Å². The Morgan fingerprint density at radius 2 is 2.12 bits per heavy atom. The molecule has 0 aliphatic carbocycles. The molecule has 1 spiro atoms. The fourth-order valence-corrected chi connectivity index (χ4v) is 2.97. The average Bonchev–Trinajstić information content (AvgIpc) is 2.22. The van der Waals surface area contributed by atoms with Crippen LogP contribution in [0.2, 0.25) is 0 Å². The van der Waals surface area contributed by atoms with E-state index in [1.54, 1.807) is 7.11 Å². The van der Waals surface area contributed by atoms with E-state index >= 15 is 0 Å². The van der Waals surface area contributed by atoms with E-state index in [2.05, 4.69) is 26.8 Å². The first kappa shape index (κ1) is 10.9. The Bertz CT molecular complexity index is 409. The molecule has 0 radical (unpaired) electrons. The van der Waals surface area contributed by atoms with E-state index in [4.69, 9.17) is 4.74 Å². The molecule has 0 atom stereocenters. The summed E-state index contributed by atoms with van der Waals surface area (Å²) in [5.41, 5.74) is 1.47. The van der Waals surface area contributed by atoms with Gasteiger partial charge < -0.3 is 14.5 Å². The Morgan fingerprint density at radius 3 is 2.76 bits per heavy atom. The molecule has 5 nitrogen and oxygen atoms in total. The highest BCUT2D eigenvalue weighted by Crippen LogP contribution is 2.39. The van der Waals surface area contributed by atoms with Gasteiger partial charge in [0.15, 0.2) is 0 Å². The summed E-state index contributed by atoms with van der Waals surface area (Å²) in [5.74, 6) is 0.847. The van der Waals surface area contributed by atoms with Crippen LogP contribution in [0, 0.1) is 5.41 Å². The number of rotatable bonds is 3. The Hall–Kier alpha value is -1.20. The molecule has 2 saturated heterocycles. The van der Waals surface area contributed by atoms with Crippen LogP contribution in [0.3, 0.4) is 0 Å². The lowest BCUT2D eigenvalue weighted by Gasteiger charge is -2.59. The normalized spacial score (nSPS) is 22.4. The van der Waals surface area contributed by atoms with Crippen LogP contribution < -0.4 is 4.90 Å². The summed E-state index contributed by atoms with van der Waals surface area (Å²) in [7, 11) is 3.86. The zero-order chi connectivity index (χ0) is 11.9. The molecule has 3 rings (SSSR count). The number of anilines is 1. The zero-order valence-electron chi connectivity index (χ0n) is 10.4. The minimum absolute atomic E-state index is 0.523. The van der Waals surface area contributed by atoms with E-state index in [1.807, 2.05) is 12.3 Å². The quantitative estimate of drug-likeness (QED) is 0.756. The molecule has 2 aliphatic heterocycles. The van der Waals surface area contributed by atoms with Gasteiger partial charge >= 0.3 is 0 Å². The van der Waals surface area contributed by atoms with Gasteiger partial charge in [-0.05, 0) is 13.1 Å². The fraction of sp³-hybridized carbons (Fsp3) is 0.667. The van der Waals surface area contributed by atoms with Crippen LogP contribution in [-0.2, 0) is 11.3 Å². The topological polar surface area (TPSA) is 41.5 Å². The average molecular weight is 234 g/mol. The number of ether oxygens (including phenoxy) is 1. The fourth-order valence-electron chi connectivity index (χ4n) is 2.97. The van der Waals surface area contributed by atoms with Crippen molar-refractivity contribution in [2.24, 2.45) is 5.41 Å². The van der Waals surface area contributed by atoms with E-state index in [0.29, 0.717) is 12.0 Å². The van der Waals surface area contributed by atoms with E-state index in [1.165, 1.54) is 13.1 Å². The van der Waals surface area contributed by atoms with Gasteiger partial charge in [-0.2, -0.15) is 0 Å². The first-order chi connectivity index (χ1) is 8.21. The molecule has 0 saturated carbocycles. The maximum absolute atomic E-state index is 5.09. The summed E-state index contributed by atoms with van der Waals surface area (Å²) < 4.78 is 5.09. The number of methoxy groups -OCH3 is 1. The Labute approximate surface area is 101 Å². The van der Waals surface area contributed by atoms with Crippen molar-refractivity contribution in [3.8, 4) is 0 Å². The van der Waals surface area contributed by atoms with Crippen molar-refractivity contribution in [2.75, 3.05) is 45.2 Å². The molecule has 0 bridgehead atoms. The van der Waals surface area contributed by atoms with Crippen molar-refractivity contribution in [3.05, 3.63) is 18.0 Å². The molecule has 0 unspecified atom stereocenters.